The maximum atomic E-state index is 11.7. The predicted molar refractivity (Wildman–Crippen MR) is 62.8 cm³/mol. The molecule has 8 heteroatoms. The fourth-order valence-electron chi connectivity index (χ4n) is 1.41. The number of nitrogens with zero attached hydrogens (tertiary/aromatic N) is 1. The molecule has 0 aliphatic carbocycles. The lowest BCUT2D eigenvalue weighted by Gasteiger charge is -2.20. The van der Waals surface area contributed by atoms with Gasteiger partial charge in [0.15, 0.2) is 0 Å². The monoisotopic (exact) mass is 265 g/mol. The zero-order valence-electron chi connectivity index (χ0n) is 10.1. The van der Waals surface area contributed by atoms with Gasteiger partial charge in [-0.3, -0.25) is 4.79 Å². The maximum absolute atomic E-state index is 11.7. The molecule has 1 aliphatic heterocycles. The van der Waals surface area contributed by atoms with Gasteiger partial charge in [-0.2, -0.15) is 0 Å². The van der Waals surface area contributed by atoms with Gasteiger partial charge in [0.2, 0.25) is 15.9 Å². The lowest BCUT2D eigenvalue weighted by atomic mass is 9.99. The van der Waals surface area contributed by atoms with E-state index >= 15 is 0 Å². The van der Waals surface area contributed by atoms with Crippen LogP contribution in [0.15, 0.2) is 0 Å². The number of hydrogen-bond donors (Lipinski definition) is 2. The molecule has 1 unspecified atom stereocenters. The summed E-state index contributed by atoms with van der Waals surface area (Å²) in [5.41, 5.74) is 4.80. The number of sulfonamides is 1. The van der Waals surface area contributed by atoms with Crippen molar-refractivity contribution in [1.29, 1.82) is 0 Å². The summed E-state index contributed by atoms with van der Waals surface area (Å²) in [6.45, 7) is 0.692. The van der Waals surface area contributed by atoms with Gasteiger partial charge < -0.3 is 15.8 Å². The number of hydrogen-bond acceptors (Lipinski definition) is 5. The number of carbonyl (C=O) groups is 1. The lowest BCUT2D eigenvalue weighted by molar-refractivity contribution is -0.126. The van der Waals surface area contributed by atoms with Gasteiger partial charge in [-0.15, -0.1) is 0 Å². The fraction of sp³-hybridized carbons (Fsp3) is 0.889. The Balaban J connectivity index is 2.39. The van der Waals surface area contributed by atoms with Crippen LogP contribution in [0.4, 0.5) is 0 Å². The van der Waals surface area contributed by atoms with E-state index in [0.29, 0.717) is 13.0 Å². The maximum Gasteiger partial charge on any atom is 0.242 e. The Hall–Kier alpha value is -0.700. The van der Waals surface area contributed by atoms with E-state index < -0.39 is 15.6 Å². The highest BCUT2D eigenvalue weighted by atomic mass is 32.2. The van der Waals surface area contributed by atoms with Gasteiger partial charge in [0.1, 0.15) is 5.54 Å². The van der Waals surface area contributed by atoms with Crippen molar-refractivity contribution < 1.29 is 17.9 Å². The second kappa shape index (κ2) is 5.30. The molecule has 1 amide bonds. The van der Waals surface area contributed by atoms with Crippen molar-refractivity contribution >= 4 is 15.9 Å². The molecule has 17 heavy (non-hydrogen) atoms. The Morgan fingerprint density at radius 2 is 2.18 bits per heavy atom. The number of amides is 1. The normalized spacial score (nSPS) is 25.2. The molecule has 3 N–H and O–H groups in total. The molecule has 0 saturated carbocycles. The van der Waals surface area contributed by atoms with Crippen LogP contribution in [0.3, 0.4) is 0 Å². The van der Waals surface area contributed by atoms with E-state index in [0.717, 1.165) is 4.31 Å². The minimum absolute atomic E-state index is 0.0539. The highest BCUT2D eigenvalue weighted by Gasteiger charge is 2.38. The molecule has 0 aromatic rings. The molecule has 1 aliphatic rings. The summed E-state index contributed by atoms with van der Waals surface area (Å²) in [6, 6.07) is 0. The molecule has 1 rings (SSSR count). The molecule has 1 saturated heterocycles. The zero-order valence-corrected chi connectivity index (χ0v) is 10.9. The van der Waals surface area contributed by atoms with Crippen LogP contribution >= 0.6 is 0 Å². The van der Waals surface area contributed by atoms with Crippen LogP contribution in [0.25, 0.3) is 0 Å². The van der Waals surface area contributed by atoms with Gasteiger partial charge in [0, 0.05) is 27.2 Å². The topological polar surface area (TPSA) is 102 Å². The first-order valence-corrected chi connectivity index (χ1v) is 6.94. The average Bonchev–Trinajstić information content (AvgIpc) is 2.66. The van der Waals surface area contributed by atoms with E-state index in [-0.39, 0.29) is 24.8 Å². The largest absolute Gasteiger partial charge is 0.379 e. The third-order valence-electron chi connectivity index (χ3n) is 2.71. The first kappa shape index (κ1) is 14.4. The van der Waals surface area contributed by atoms with Crippen molar-refractivity contribution in [3.63, 3.8) is 0 Å². The number of ether oxygens (including phenoxy) is 1. The van der Waals surface area contributed by atoms with Crippen molar-refractivity contribution in [2.75, 3.05) is 39.6 Å². The first-order valence-electron chi connectivity index (χ1n) is 5.33. The number of rotatable bonds is 5. The molecule has 1 fully saturated rings. The Bertz CT molecular complexity index is 374. The van der Waals surface area contributed by atoms with Gasteiger partial charge >= 0.3 is 0 Å². The lowest BCUT2D eigenvalue weighted by Crippen LogP contribution is -2.55. The second-order valence-electron chi connectivity index (χ2n) is 4.31. The Morgan fingerprint density at radius 3 is 2.65 bits per heavy atom. The van der Waals surface area contributed by atoms with E-state index in [1.165, 1.54) is 14.1 Å². The third kappa shape index (κ3) is 3.63. The van der Waals surface area contributed by atoms with E-state index in [1.807, 2.05) is 0 Å². The molecule has 0 aromatic heterocycles. The predicted octanol–water partition coefficient (Wildman–Crippen LogP) is -1.89. The van der Waals surface area contributed by atoms with Crippen LogP contribution < -0.4 is 11.1 Å². The summed E-state index contributed by atoms with van der Waals surface area (Å²) in [5.74, 6) is -0.494. The fourth-order valence-corrected chi connectivity index (χ4v) is 2.14. The summed E-state index contributed by atoms with van der Waals surface area (Å²) < 4.78 is 29.0. The minimum atomic E-state index is -3.29. The molecule has 7 nitrogen and oxygen atoms in total. The highest BCUT2D eigenvalue weighted by molar-refractivity contribution is 7.89. The van der Waals surface area contributed by atoms with Crippen LogP contribution in [-0.4, -0.2) is 63.8 Å². The van der Waals surface area contributed by atoms with Crippen LogP contribution in [0.2, 0.25) is 0 Å². The SMILES string of the molecule is CN(C)S(=O)(=O)CCNC(=O)C1(N)CCOC1. The molecule has 1 heterocycles. The molecule has 0 bridgehead atoms. The van der Waals surface area contributed by atoms with Gasteiger partial charge in [-0.25, -0.2) is 12.7 Å². The first-order chi connectivity index (χ1) is 7.78. The third-order valence-corrected chi connectivity index (χ3v) is 4.54. The molecular weight excluding hydrogens is 246 g/mol. The van der Waals surface area contributed by atoms with Crippen molar-refractivity contribution in [1.82, 2.24) is 9.62 Å². The molecule has 1 atom stereocenters. The van der Waals surface area contributed by atoms with Crippen LogP contribution in [0.1, 0.15) is 6.42 Å². The average molecular weight is 265 g/mol. The molecule has 100 valence electrons. The van der Waals surface area contributed by atoms with Crippen molar-refractivity contribution in [3.8, 4) is 0 Å². The molecule has 0 radical (unpaired) electrons. The minimum Gasteiger partial charge on any atom is -0.379 e. The number of nitrogens with one attached hydrogen (secondary N) is 1. The quantitative estimate of drug-likeness (QED) is 0.605. The number of nitrogens with two attached hydrogens (primary N) is 1. The van der Waals surface area contributed by atoms with Gasteiger partial charge in [0.05, 0.1) is 12.4 Å². The summed E-state index contributed by atoms with van der Waals surface area (Å²) >= 11 is 0. The Kier molecular flexibility index (Phi) is 4.48. The molecule has 0 spiro atoms. The number of carbonyl (C=O) groups excluding carboxylic acids is 1. The van der Waals surface area contributed by atoms with Gasteiger partial charge in [0.25, 0.3) is 0 Å². The van der Waals surface area contributed by atoms with Crippen molar-refractivity contribution in [2.45, 2.75) is 12.0 Å². The van der Waals surface area contributed by atoms with Crippen LogP contribution in [0.5, 0.6) is 0 Å². The van der Waals surface area contributed by atoms with Crippen molar-refractivity contribution in [3.05, 3.63) is 0 Å². The standard InChI is InChI=1S/C9H19N3O4S/c1-12(2)17(14,15)6-4-11-8(13)9(10)3-5-16-7-9/h3-7,10H2,1-2H3,(H,11,13). The molecular formula is C9H19N3O4S. The summed E-state index contributed by atoms with van der Waals surface area (Å²) in [7, 11) is -0.389. The highest BCUT2D eigenvalue weighted by Crippen LogP contribution is 2.15. The Morgan fingerprint density at radius 1 is 1.53 bits per heavy atom. The smallest absolute Gasteiger partial charge is 0.242 e. The van der Waals surface area contributed by atoms with Crippen molar-refractivity contribution in [2.24, 2.45) is 5.73 Å². The zero-order chi connectivity index (χ0) is 13.1. The van der Waals surface area contributed by atoms with Crippen LogP contribution in [0, 0.1) is 0 Å². The van der Waals surface area contributed by atoms with Gasteiger partial charge in [-0.05, 0) is 6.42 Å². The summed E-state index contributed by atoms with van der Waals surface area (Å²) in [5, 5.41) is 2.53. The second-order valence-corrected chi connectivity index (χ2v) is 6.62. The van der Waals surface area contributed by atoms with E-state index in [2.05, 4.69) is 5.32 Å². The van der Waals surface area contributed by atoms with E-state index in [1.54, 1.807) is 0 Å². The summed E-state index contributed by atoms with van der Waals surface area (Å²) in [4.78, 5) is 11.7. The molecule has 0 aromatic carbocycles. The summed E-state index contributed by atoms with van der Waals surface area (Å²) in [6.07, 6.45) is 0.458. The van der Waals surface area contributed by atoms with Crippen LogP contribution in [-0.2, 0) is 19.6 Å². The van der Waals surface area contributed by atoms with E-state index in [4.69, 9.17) is 10.5 Å². The Labute approximate surface area is 101 Å². The van der Waals surface area contributed by atoms with Gasteiger partial charge in [-0.1, -0.05) is 0 Å². The van der Waals surface area contributed by atoms with E-state index in [9.17, 15) is 13.2 Å².